The van der Waals surface area contributed by atoms with Crippen molar-refractivity contribution in [2.75, 3.05) is 12.8 Å². The van der Waals surface area contributed by atoms with E-state index in [1.807, 2.05) is 17.5 Å². The normalized spacial score (nSPS) is 10.6. The molecule has 13 heavy (non-hydrogen) atoms. The summed E-state index contributed by atoms with van der Waals surface area (Å²) in [7, 11) is 1.62. The zero-order valence-corrected chi connectivity index (χ0v) is 8.78. The lowest BCUT2D eigenvalue weighted by molar-refractivity contribution is 0.406. The summed E-state index contributed by atoms with van der Waals surface area (Å²) in [6.07, 6.45) is 0. The first kappa shape index (κ1) is 8.72. The third-order valence-electron chi connectivity index (χ3n) is 1.96. The van der Waals surface area contributed by atoms with E-state index in [0.717, 1.165) is 15.8 Å². The van der Waals surface area contributed by atoms with Crippen molar-refractivity contribution >= 4 is 39.7 Å². The van der Waals surface area contributed by atoms with Gasteiger partial charge >= 0.3 is 0 Å². The fourth-order valence-electron chi connectivity index (χ4n) is 1.26. The van der Waals surface area contributed by atoms with Crippen LogP contribution in [0.3, 0.4) is 0 Å². The number of anilines is 1. The minimum absolute atomic E-state index is 0.693. The summed E-state index contributed by atoms with van der Waals surface area (Å²) in [5.41, 5.74) is 6.58. The molecule has 0 saturated heterocycles. The van der Waals surface area contributed by atoms with Crippen LogP contribution in [0.4, 0.5) is 5.69 Å². The highest BCUT2D eigenvalue weighted by molar-refractivity contribution is 7.80. The number of benzene rings is 1. The van der Waals surface area contributed by atoms with Gasteiger partial charge in [0.05, 0.1) is 17.7 Å². The maximum Gasteiger partial charge on any atom is 0.135 e. The summed E-state index contributed by atoms with van der Waals surface area (Å²) in [5, 5.41) is 3.06. The molecule has 2 rings (SSSR count). The third kappa shape index (κ3) is 1.26. The van der Waals surface area contributed by atoms with Gasteiger partial charge in [0.1, 0.15) is 5.75 Å². The van der Waals surface area contributed by atoms with Crippen molar-refractivity contribution in [3.63, 3.8) is 0 Å². The molecule has 68 valence electrons. The Morgan fingerprint density at radius 2 is 2.31 bits per heavy atom. The van der Waals surface area contributed by atoms with E-state index in [1.165, 1.54) is 0 Å². The van der Waals surface area contributed by atoms with Crippen molar-refractivity contribution < 1.29 is 4.74 Å². The second-order valence-corrected chi connectivity index (χ2v) is 4.07. The van der Waals surface area contributed by atoms with Crippen LogP contribution in [0.5, 0.6) is 5.75 Å². The first-order valence-electron chi connectivity index (χ1n) is 3.76. The molecular weight excluding hydrogens is 202 g/mol. The van der Waals surface area contributed by atoms with E-state index in [-0.39, 0.29) is 0 Å². The number of fused-ring (bicyclic) bond motifs is 1. The molecule has 0 bridgehead atoms. The van der Waals surface area contributed by atoms with Crippen LogP contribution < -0.4 is 10.5 Å². The molecular formula is C9H9NOS2. The summed E-state index contributed by atoms with van der Waals surface area (Å²) in [5.74, 6) is 0.732. The minimum Gasteiger partial charge on any atom is -0.495 e. The van der Waals surface area contributed by atoms with Crippen LogP contribution in [0.2, 0.25) is 0 Å². The molecule has 1 heterocycles. The number of thiophene rings is 1. The molecule has 0 spiro atoms. The van der Waals surface area contributed by atoms with E-state index in [9.17, 15) is 0 Å². The van der Waals surface area contributed by atoms with E-state index in [0.29, 0.717) is 10.6 Å². The molecule has 0 saturated carbocycles. The number of nitrogen functional groups attached to an aromatic ring is 1. The van der Waals surface area contributed by atoms with Crippen LogP contribution in [-0.4, -0.2) is 7.11 Å². The number of thiol groups is 1. The van der Waals surface area contributed by atoms with E-state index in [1.54, 1.807) is 18.4 Å². The highest BCUT2D eigenvalue weighted by Gasteiger charge is 2.08. The number of ether oxygens (including phenoxy) is 1. The largest absolute Gasteiger partial charge is 0.495 e. The molecule has 2 N–H and O–H groups in total. The molecule has 0 amide bonds. The van der Waals surface area contributed by atoms with Crippen molar-refractivity contribution in [3.8, 4) is 5.75 Å². The van der Waals surface area contributed by atoms with Crippen molar-refractivity contribution in [3.05, 3.63) is 17.5 Å². The van der Waals surface area contributed by atoms with Crippen LogP contribution in [0.1, 0.15) is 0 Å². The Morgan fingerprint density at radius 3 is 3.00 bits per heavy atom. The summed E-state index contributed by atoms with van der Waals surface area (Å²) in [6.45, 7) is 0. The fraction of sp³-hybridized carbons (Fsp3) is 0.111. The lowest BCUT2D eigenvalue weighted by Crippen LogP contribution is -1.91. The van der Waals surface area contributed by atoms with Crippen LogP contribution >= 0.6 is 24.0 Å². The minimum atomic E-state index is 0.693. The molecule has 2 aromatic rings. The first-order chi connectivity index (χ1) is 6.24. The number of rotatable bonds is 1. The quantitative estimate of drug-likeness (QED) is 0.562. The Morgan fingerprint density at radius 1 is 1.54 bits per heavy atom. The highest BCUT2D eigenvalue weighted by Crippen LogP contribution is 2.37. The molecule has 1 aromatic carbocycles. The predicted molar refractivity (Wildman–Crippen MR) is 60.0 cm³/mol. The summed E-state index contributed by atoms with van der Waals surface area (Å²) in [6, 6.07) is 3.95. The first-order valence-corrected chi connectivity index (χ1v) is 5.09. The van der Waals surface area contributed by atoms with Crippen molar-refractivity contribution in [2.45, 2.75) is 4.90 Å². The van der Waals surface area contributed by atoms with Gasteiger partial charge in [0.2, 0.25) is 0 Å². The van der Waals surface area contributed by atoms with Gasteiger partial charge in [0.15, 0.2) is 0 Å². The monoisotopic (exact) mass is 211 g/mol. The van der Waals surface area contributed by atoms with Crippen molar-refractivity contribution in [1.82, 2.24) is 0 Å². The van der Waals surface area contributed by atoms with Crippen LogP contribution in [0.25, 0.3) is 10.1 Å². The molecule has 4 heteroatoms. The molecule has 0 unspecified atom stereocenters. The third-order valence-corrected chi connectivity index (χ3v) is 3.28. The fourth-order valence-corrected chi connectivity index (χ4v) is 2.37. The lowest BCUT2D eigenvalue weighted by Gasteiger charge is -2.07. The van der Waals surface area contributed by atoms with Gasteiger partial charge in [-0.15, -0.1) is 24.0 Å². The van der Waals surface area contributed by atoms with E-state index in [2.05, 4.69) is 12.6 Å². The molecule has 0 aliphatic carbocycles. The van der Waals surface area contributed by atoms with Gasteiger partial charge in [-0.2, -0.15) is 0 Å². The van der Waals surface area contributed by atoms with Crippen LogP contribution in [0.15, 0.2) is 22.4 Å². The number of nitrogens with two attached hydrogens (primary N) is 1. The predicted octanol–water partition coefficient (Wildman–Crippen LogP) is 2.78. The average Bonchev–Trinajstić information content (AvgIpc) is 2.59. The summed E-state index contributed by atoms with van der Waals surface area (Å²) in [4.78, 5) is 0.716. The molecule has 0 aliphatic rings. The maximum atomic E-state index is 5.89. The standard InChI is InChI=1S/C9H9NOS2/c1-11-6-4-7-5(2-3-13-7)8(10)9(6)12/h2-4,12H,10H2,1H3. The Labute approximate surface area is 85.7 Å². The zero-order valence-electron chi connectivity index (χ0n) is 7.07. The van der Waals surface area contributed by atoms with E-state index in [4.69, 9.17) is 10.5 Å². The lowest BCUT2D eigenvalue weighted by atomic mass is 10.2. The van der Waals surface area contributed by atoms with Gasteiger partial charge in [0.25, 0.3) is 0 Å². The zero-order chi connectivity index (χ0) is 9.42. The molecule has 0 radical (unpaired) electrons. The van der Waals surface area contributed by atoms with Gasteiger partial charge in [-0.25, -0.2) is 0 Å². The van der Waals surface area contributed by atoms with Crippen molar-refractivity contribution in [2.24, 2.45) is 0 Å². The number of hydrogen-bond donors (Lipinski definition) is 2. The molecule has 0 aliphatic heterocycles. The highest BCUT2D eigenvalue weighted by atomic mass is 32.1. The second-order valence-electron chi connectivity index (χ2n) is 2.67. The average molecular weight is 211 g/mol. The van der Waals surface area contributed by atoms with E-state index >= 15 is 0 Å². The number of methoxy groups -OCH3 is 1. The Balaban J connectivity index is 2.83. The molecule has 1 aromatic heterocycles. The molecule has 2 nitrogen and oxygen atoms in total. The Bertz CT molecular complexity index is 450. The van der Waals surface area contributed by atoms with Gasteiger partial charge in [0, 0.05) is 10.1 Å². The van der Waals surface area contributed by atoms with Crippen molar-refractivity contribution in [1.29, 1.82) is 0 Å². The van der Waals surface area contributed by atoms with Crippen LogP contribution in [-0.2, 0) is 0 Å². The smallest absolute Gasteiger partial charge is 0.135 e. The van der Waals surface area contributed by atoms with Gasteiger partial charge in [-0.3, -0.25) is 0 Å². The summed E-state index contributed by atoms with van der Waals surface area (Å²) < 4.78 is 6.29. The Hall–Kier alpha value is -0.870. The second kappa shape index (κ2) is 3.12. The van der Waals surface area contributed by atoms with E-state index < -0.39 is 0 Å². The molecule has 0 fully saturated rings. The van der Waals surface area contributed by atoms with Gasteiger partial charge in [-0.05, 0) is 17.5 Å². The Kier molecular flexibility index (Phi) is 2.09. The van der Waals surface area contributed by atoms with Gasteiger partial charge < -0.3 is 10.5 Å². The topological polar surface area (TPSA) is 35.2 Å². The maximum absolute atomic E-state index is 5.89. The summed E-state index contributed by atoms with van der Waals surface area (Å²) >= 11 is 5.94. The van der Waals surface area contributed by atoms with Gasteiger partial charge in [-0.1, -0.05) is 0 Å². The molecule has 0 atom stereocenters. The SMILES string of the molecule is COc1cc2sccc2c(N)c1S. The number of hydrogen-bond acceptors (Lipinski definition) is 4. The van der Waals surface area contributed by atoms with Crippen LogP contribution in [0, 0.1) is 0 Å².